The lowest BCUT2D eigenvalue weighted by molar-refractivity contribution is -0.252. The summed E-state index contributed by atoms with van der Waals surface area (Å²) in [6.45, 7) is 1.67. The summed E-state index contributed by atoms with van der Waals surface area (Å²) in [5, 5.41) is 11.6. The summed E-state index contributed by atoms with van der Waals surface area (Å²) in [5.74, 6) is -1.47. The van der Waals surface area contributed by atoms with Gasteiger partial charge in [0.25, 0.3) is 11.5 Å². The molecule has 1 unspecified atom stereocenters. The van der Waals surface area contributed by atoms with Gasteiger partial charge in [0, 0.05) is 15.7 Å². The highest BCUT2D eigenvalue weighted by Gasteiger charge is 2.64. The van der Waals surface area contributed by atoms with Crippen LogP contribution in [0.25, 0.3) is 0 Å². The smallest absolute Gasteiger partial charge is 0.368 e. The van der Waals surface area contributed by atoms with Gasteiger partial charge in [0.05, 0.1) is 0 Å². The van der Waals surface area contributed by atoms with Crippen LogP contribution in [0.2, 0.25) is 0 Å². The van der Waals surface area contributed by atoms with E-state index in [0.717, 1.165) is 6.07 Å². The molecule has 2 rings (SSSR count). The Hall–Kier alpha value is -1.08. The predicted octanol–water partition coefficient (Wildman–Crippen LogP) is 2.46. The molecule has 1 aromatic rings. The van der Waals surface area contributed by atoms with E-state index >= 15 is 0 Å². The fourth-order valence-corrected chi connectivity index (χ4v) is 2.04. The molecule has 0 saturated carbocycles. The number of hydrogen-bond donors (Lipinski definition) is 2. The minimum Gasteiger partial charge on any atom is -0.368 e. The molecule has 1 amide bonds. The molecule has 0 spiro atoms. The Morgan fingerprint density at radius 1 is 1.41 bits per heavy atom. The average molecular weight is 310 g/mol. The van der Waals surface area contributed by atoms with Crippen molar-refractivity contribution in [3.8, 4) is 0 Å². The number of halogens is 4. The number of nitrogens with one attached hydrogen (secondary N) is 1. The minimum atomic E-state index is -5.06. The number of amides is 1. The molecular weight excluding hydrogens is 303 g/mol. The first kappa shape index (κ1) is 12.4. The highest BCUT2D eigenvalue weighted by Crippen LogP contribution is 2.47. The topological polar surface area (TPSA) is 49.3 Å². The number of alkyl halides is 3. The molecule has 1 aliphatic heterocycles. The standard InChI is InChI=1S/C10H7BrF3NO2/c1-4-2-7-5(3-6(4)11)9(17,8(16)15-7)10(12,13)14/h2-3,17H,1H3,(H,15,16). The maximum Gasteiger partial charge on any atom is 0.430 e. The number of anilines is 1. The number of benzene rings is 1. The van der Waals surface area contributed by atoms with Gasteiger partial charge in [-0.1, -0.05) is 15.9 Å². The zero-order chi connectivity index (χ0) is 13.0. The molecule has 1 aliphatic rings. The molecule has 2 N–H and O–H groups in total. The van der Waals surface area contributed by atoms with Crippen LogP contribution in [0, 0.1) is 6.92 Å². The Morgan fingerprint density at radius 2 is 2.00 bits per heavy atom. The number of carbonyl (C=O) groups excluding carboxylic acids is 1. The van der Waals surface area contributed by atoms with Crippen molar-refractivity contribution in [3.05, 3.63) is 27.7 Å². The molecule has 3 nitrogen and oxygen atoms in total. The Labute approximate surface area is 103 Å². The molecule has 7 heteroatoms. The first-order valence-corrected chi connectivity index (χ1v) is 5.38. The van der Waals surface area contributed by atoms with Crippen LogP contribution in [0.3, 0.4) is 0 Å². The van der Waals surface area contributed by atoms with Crippen LogP contribution in [0.15, 0.2) is 16.6 Å². The lowest BCUT2D eigenvalue weighted by Gasteiger charge is -2.23. The number of fused-ring (bicyclic) bond motifs is 1. The van der Waals surface area contributed by atoms with E-state index in [0.29, 0.717) is 10.0 Å². The van der Waals surface area contributed by atoms with Crippen molar-refractivity contribution in [2.75, 3.05) is 5.32 Å². The number of aryl methyl sites for hydroxylation is 1. The van der Waals surface area contributed by atoms with Crippen LogP contribution in [0.5, 0.6) is 0 Å². The second-order valence-electron chi connectivity index (χ2n) is 3.81. The fourth-order valence-electron chi connectivity index (χ4n) is 1.70. The molecular formula is C10H7BrF3NO2. The van der Waals surface area contributed by atoms with Crippen LogP contribution in [-0.4, -0.2) is 17.2 Å². The third-order valence-corrected chi connectivity index (χ3v) is 3.53. The van der Waals surface area contributed by atoms with Crippen molar-refractivity contribution in [1.82, 2.24) is 0 Å². The van der Waals surface area contributed by atoms with E-state index in [9.17, 15) is 23.1 Å². The van der Waals surface area contributed by atoms with Crippen molar-refractivity contribution in [2.45, 2.75) is 18.7 Å². The van der Waals surface area contributed by atoms with Crippen LogP contribution < -0.4 is 5.32 Å². The third-order valence-electron chi connectivity index (χ3n) is 2.68. The van der Waals surface area contributed by atoms with Crippen LogP contribution in [0.1, 0.15) is 11.1 Å². The zero-order valence-electron chi connectivity index (χ0n) is 8.52. The maximum atomic E-state index is 12.8. The number of aliphatic hydroxyl groups is 1. The van der Waals surface area contributed by atoms with E-state index < -0.39 is 23.2 Å². The van der Waals surface area contributed by atoms with Crippen molar-refractivity contribution in [2.24, 2.45) is 0 Å². The Balaban J connectivity index is 2.70. The van der Waals surface area contributed by atoms with E-state index in [1.807, 2.05) is 5.32 Å². The molecule has 0 bridgehead atoms. The van der Waals surface area contributed by atoms with Gasteiger partial charge in [-0.3, -0.25) is 4.79 Å². The highest BCUT2D eigenvalue weighted by molar-refractivity contribution is 9.10. The molecule has 1 atom stereocenters. The first-order valence-electron chi connectivity index (χ1n) is 4.59. The molecule has 1 aromatic carbocycles. The van der Waals surface area contributed by atoms with Crippen molar-refractivity contribution in [3.63, 3.8) is 0 Å². The summed E-state index contributed by atoms with van der Waals surface area (Å²) in [6.07, 6.45) is -5.06. The molecule has 0 aliphatic carbocycles. The van der Waals surface area contributed by atoms with Gasteiger partial charge in [0.2, 0.25) is 0 Å². The van der Waals surface area contributed by atoms with E-state index in [-0.39, 0.29) is 5.69 Å². The lowest BCUT2D eigenvalue weighted by Crippen LogP contribution is -2.47. The van der Waals surface area contributed by atoms with E-state index in [1.54, 1.807) is 6.92 Å². The molecule has 1 heterocycles. The van der Waals surface area contributed by atoms with Crippen molar-refractivity contribution < 1.29 is 23.1 Å². The van der Waals surface area contributed by atoms with E-state index in [2.05, 4.69) is 15.9 Å². The second-order valence-corrected chi connectivity index (χ2v) is 4.66. The second kappa shape index (κ2) is 3.46. The van der Waals surface area contributed by atoms with Gasteiger partial charge in [0.1, 0.15) is 0 Å². The van der Waals surface area contributed by atoms with Crippen LogP contribution in [-0.2, 0) is 10.4 Å². The third kappa shape index (κ3) is 1.56. The quantitative estimate of drug-likeness (QED) is 0.773. The summed E-state index contributed by atoms with van der Waals surface area (Å²) >= 11 is 3.07. The summed E-state index contributed by atoms with van der Waals surface area (Å²) in [4.78, 5) is 11.3. The summed E-state index contributed by atoms with van der Waals surface area (Å²) in [7, 11) is 0. The van der Waals surface area contributed by atoms with Crippen LogP contribution >= 0.6 is 15.9 Å². The zero-order valence-corrected chi connectivity index (χ0v) is 10.1. The van der Waals surface area contributed by atoms with Gasteiger partial charge in [-0.05, 0) is 24.6 Å². The van der Waals surface area contributed by atoms with Crippen molar-refractivity contribution in [1.29, 1.82) is 0 Å². The Bertz CT molecular complexity index is 515. The molecule has 0 aromatic heterocycles. The molecule has 0 saturated heterocycles. The first-order chi connectivity index (χ1) is 7.68. The lowest BCUT2D eigenvalue weighted by atomic mass is 9.94. The van der Waals surface area contributed by atoms with Gasteiger partial charge >= 0.3 is 6.18 Å². The number of rotatable bonds is 0. The van der Waals surface area contributed by atoms with Gasteiger partial charge in [-0.15, -0.1) is 0 Å². The monoisotopic (exact) mass is 309 g/mol. The van der Waals surface area contributed by atoms with Gasteiger partial charge in [-0.2, -0.15) is 13.2 Å². The van der Waals surface area contributed by atoms with Crippen molar-refractivity contribution >= 4 is 27.5 Å². The van der Waals surface area contributed by atoms with E-state index in [1.165, 1.54) is 6.07 Å². The maximum absolute atomic E-state index is 12.8. The predicted molar refractivity (Wildman–Crippen MR) is 57.5 cm³/mol. The largest absolute Gasteiger partial charge is 0.430 e. The average Bonchev–Trinajstić information content (AvgIpc) is 2.42. The van der Waals surface area contributed by atoms with Crippen LogP contribution in [0.4, 0.5) is 18.9 Å². The summed E-state index contributed by atoms with van der Waals surface area (Å²) in [5.41, 5.74) is -3.31. The number of carbonyl (C=O) groups is 1. The molecule has 0 fully saturated rings. The Kier molecular flexibility index (Phi) is 2.52. The Morgan fingerprint density at radius 3 is 2.53 bits per heavy atom. The molecule has 92 valence electrons. The molecule has 0 radical (unpaired) electrons. The minimum absolute atomic E-state index is 0.0180. The SMILES string of the molecule is Cc1cc2c(cc1Br)C(O)(C(F)(F)F)C(=O)N2. The summed E-state index contributed by atoms with van der Waals surface area (Å²) < 4.78 is 38.7. The fraction of sp³-hybridized carbons (Fsp3) is 0.300. The van der Waals surface area contributed by atoms with Gasteiger partial charge in [0.15, 0.2) is 0 Å². The van der Waals surface area contributed by atoms with Gasteiger partial charge in [-0.25, -0.2) is 0 Å². The highest BCUT2D eigenvalue weighted by atomic mass is 79.9. The van der Waals surface area contributed by atoms with E-state index in [4.69, 9.17) is 0 Å². The normalized spacial score (nSPS) is 23.5. The van der Waals surface area contributed by atoms with Gasteiger partial charge < -0.3 is 10.4 Å². The molecule has 17 heavy (non-hydrogen) atoms. The number of hydrogen-bond acceptors (Lipinski definition) is 2. The summed E-state index contributed by atoms with van der Waals surface area (Å²) in [6, 6.07) is 2.48.